The molecule has 0 radical (unpaired) electrons. The maximum atomic E-state index is 6.00. The van der Waals surface area contributed by atoms with Crippen molar-refractivity contribution in [1.29, 1.82) is 0 Å². The number of aromatic nitrogens is 2. The van der Waals surface area contributed by atoms with E-state index in [0.717, 1.165) is 43.6 Å². The highest BCUT2D eigenvalue weighted by atomic mass is 32.1. The van der Waals surface area contributed by atoms with Gasteiger partial charge in [-0.15, -0.1) is 22.7 Å². The molecule has 0 saturated carbocycles. The topological polar surface area (TPSA) is 47.0 Å². The van der Waals surface area contributed by atoms with Gasteiger partial charge in [-0.25, -0.2) is 9.97 Å². The van der Waals surface area contributed by atoms with Gasteiger partial charge in [0.1, 0.15) is 5.75 Å². The number of nitrogens with one attached hydrogen (secondary N) is 1. The van der Waals surface area contributed by atoms with E-state index in [0.29, 0.717) is 0 Å². The standard InChI is InChI=1S/C20H17N3OS2/c1-13-19(26-14(2)21-13)17-12-25-20(23-17)22-16-10-6-7-11-18(16)24-15-8-4-3-5-9-15/h3-12H,1-2H3,(H,22,23). The first kappa shape index (κ1) is 16.8. The van der Waals surface area contributed by atoms with Crippen LogP contribution in [-0.4, -0.2) is 9.97 Å². The number of benzene rings is 2. The van der Waals surface area contributed by atoms with E-state index in [9.17, 15) is 0 Å². The molecule has 0 atom stereocenters. The molecular formula is C20H17N3OS2. The first-order valence-corrected chi connectivity index (χ1v) is 9.87. The van der Waals surface area contributed by atoms with Crippen LogP contribution in [0, 0.1) is 13.8 Å². The Morgan fingerprint density at radius 2 is 1.69 bits per heavy atom. The van der Waals surface area contributed by atoms with Gasteiger partial charge in [0.2, 0.25) is 0 Å². The average Bonchev–Trinajstić information content (AvgIpc) is 3.23. The molecule has 4 rings (SSSR count). The van der Waals surface area contributed by atoms with Crippen molar-refractivity contribution in [2.75, 3.05) is 5.32 Å². The van der Waals surface area contributed by atoms with Crippen molar-refractivity contribution in [3.05, 3.63) is 70.7 Å². The largest absolute Gasteiger partial charge is 0.455 e. The van der Waals surface area contributed by atoms with E-state index in [4.69, 9.17) is 9.72 Å². The second-order valence-corrected chi connectivity index (χ2v) is 7.78. The highest BCUT2D eigenvalue weighted by Crippen LogP contribution is 2.35. The third-order valence-corrected chi connectivity index (χ3v) is 5.59. The summed E-state index contributed by atoms with van der Waals surface area (Å²) >= 11 is 3.25. The fourth-order valence-electron chi connectivity index (χ4n) is 2.59. The van der Waals surface area contributed by atoms with Crippen LogP contribution in [-0.2, 0) is 0 Å². The summed E-state index contributed by atoms with van der Waals surface area (Å²) in [6, 6.07) is 17.6. The summed E-state index contributed by atoms with van der Waals surface area (Å²) in [5, 5.41) is 7.32. The van der Waals surface area contributed by atoms with E-state index in [-0.39, 0.29) is 0 Å². The molecule has 0 fully saturated rings. The van der Waals surface area contributed by atoms with Crippen LogP contribution < -0.4 is 10.1 Å². The Bertz CT molecular complexity index is 1020. The lowest BCUT2D eigenvalue weighted by atomic mass is 10.3. The number of anilines is 2. The Morgan fingerprint density at radius 3 is 2.46 bits per heavy atom. The van der Waals surface area contributed by atoms with Crippen molar-refractivity contribution in [1.82, 2.24) is 9.97 Å². The Balaban J connectivity index is 1.58. The molecule has 0 saturated heterocycles. The third kappa shape index (κ3) is 3.61. The van der Waals surface area contributed by atoms with Crippen LogP contribution in [0.3, 0.4) is 0 Å². The molecule has 0 aliphatic rings. The number of aryl methyl sites for hydroxylation is 2. The van der Waals surface area contributed by atoms with Crippen LogP contribution in [0.4, 0.5) is 10.8 Å². The minimum Gasteiger partial charge on any atom is -0.455 e. The molecule has 2 aromatic heterocycles. The Labute approximate surface area is 160 Å². The van der Waals surface area contributed by atoms with Gasteiger partial charge in [0.15, 0.2) is 10.9 Å². The fourth-order valence-corrected chi connectivity index (χ4v) is 4.26. The maximum Gasteiger partial charge on any atom is 0.187 e. The number of para-hydroxylation sites is 3. The minimum absolute atomic E-state index is 0.764. The Kier molecular flexibility index (Phi) is 4.69. The van der Waals surface area contributed by atoms with E-state index in [1.807, 2.05) is 68.4 Å². The van der Waals surface area contributed by atoms with Gasteiger partial charge in [0.25, 0.3) is 0 Å². The summed E-state index contributed by atoms with van der Waals surface area (Å²) in [4.78, 5) is 10.3. The average molecular weight is 380 g/mol. The van der Waals surface area contributed by atoms with Crippen LogP contribution >= 0.6 is 22.7 Å². The van der Waals surface area contributed by atoms with Gasteiger partial charge in [0.05, 0.1) is 27.0 Å². The van der Waals surface area contributed by atoms with Crippen molar-refractivity contribution in [3.8, 4) is 22.1 Å². The summed E-state index contributed by atoms with van der Waals surface area (Å²) < 4.78 is 6.00. The van der Waals surface area contributed by atoms with Gasteiger partial charge in [-0.05, 0) is 38.1 Å². The molecule has 0 aliphatic heterocycles. The number of hydrogen-bond acceptors (Lipinski definition) is 6. The number of nitrogens with zero attached hydrogens (tertiary/aromatic N) is 2. The second-order valence-electron chi connectivity index (χ2n) is 5.72. The van der Waals surface area contributed by atoms with Crippen molar-refractivity contribution in [3.63, 3.8) is 0 Å². The van der Waals surface area contributed by atoms with E-state index in [1.165, 1.54) is 0 Å². The van der Waals surface area contributed by atoms with E-state index in [1.54, 1.807) is 22.7 Å². The summed E-state index contributed by atoms with van der Waals surface area (Å²) in [6.07, 6.45) is 0. The zero-order valence-corrected chi connectivity index (χ0v) is 16.0. The first-order chi connectivity index (χ1) is 12.7. The molecule has 0 spiro atoms. The van der Waals surface area contributed by atoms with Crippen molar-refractivity contribution < 1.29 is 4.74 Å². The number of rotatable bonds is 5. The Hall–Kier alpha value is -2.70. The summed E-state index contributed by atoms with van der Waals surface area (Å²) in [5.41, 5.74) is 2.87. The van der Waals surface area contributed by atoms with Crippen LogP contribution in [0.25, 0.3) is 10.6 Å². The van der Waals surface area contributed by atoms with E-state index in [2.05, 4.69) is 15.7 Å². The van der Waals surface area contributed by atoms with Crippen LogP contribution in [0.5, 0.6) is 11.5 Å². The third-order valence-electron chi connectivity index (χ3n) is 3.74. The summed E-state index contributed by atoms with van der Waals surface area (Å²) in [7, 11) is 0. The molecule has 130 valence electrons. The molecule has 1 N–H and O–H groups in total. The molecule has 6 heteroatoms. The predicted octanol–water partition coefficient (Wildman–Crippen LogP) is 6.42. The highest BCUT2D eigenvalue weighted by Gasteiger charge is 2.13. The molecule has 0 unspecified atom stereocenters. The van der Waals surface area contributed by atoms with Gasteiger partial charge in [-0.1, -0.05) is 30.3 Å². The summed E-state index contributed by atoms with van der Waals surface area (Å²) in [6.45, 7) is 4.04. The Morgan fingerprint density at radius 1 is 0.923 bits per heavy atom. The van der Waals surface area contributed by atoms with Gasteiger partial charge in [-0.3, -0.25) is 0 Å². The zero-order chi connectivity index (χ0) is 17.9. The van der Waals surface area contributed by atoms with Crippen LogP contribution in [0.1, 0.15) is 10.7 Å². The zero-order valence-electron chi connectivity index (χ0n) is 14.4. The van der Waals surface area contributed by atoms with E-state index < -0.39 is 0 Å². The van der Waals surface area contributed by atoms with Gasteiger partial charge in [-0.2, -0.15) is 0 Å². The fraction of sp³-hybridized carbons (Fsp3) is 0.100. The normalized spacial score (nSPS) is 10.7. The number of ether oxygens (including phenoxy) is 1. The highest BCUT2D eigenvalue weighted by molar-refractivity contribution is 7.16. The number of thiazole rings is 2. The molecule has 4 aromatic rings. The quantitative estimate of drug-likeness (QED) is 0.435. The van der Waals surface area contributed by atoms with Gasteiger partial charge in [0, 0.05) is 5.38 Å². The first-order valence-electron chi connectivity index (χ1n) is 8.18. The molecule has 0 bridgehead atoms. The van der Waals surface area contributed by atoms with Crippen molar-refractivity contribution >= 4 is 33.5 Å². The molecule has 2 aromatic carbocycles. The molecule has 2 heterocycles. The van der Waals surface area contributed by atoms with Gasteiger partial charge < -0.3 is 10.1 Å². The smallest absolute Gasteiger partial charge is 0.187 e. The van der Waals surface area contributed by atoms with E-state index >= 15 is 0 Å². The maximum absolute atomic E-state index is 6.00. The lowest BCUT2D eigenvalue weighted by Gasteiger charge is -2.11. The molecule has 0 amide bonds. The van der Waals surface area contributed by atoms with Crippen molar-refractivity contribution in [2.45, 2.75) is 13.8 Å². The predicted molar refractivity (Wildman–Crippen MR) is 109 cm³/mol. The SMILES string of the molecule is Cc1nc(C)c(-c2csc(Nc3ccccc3Oc3ccccc3)n2)s1. The lowest BCUT2D eigenvalue weighted by molar-refractivity contribution is 0.485. The molecule has 4 nitrogen and oxygen atoms in total. The number of hydrogen-bond donors (Lipinski definition) is 1. The lowest BCUT2D eigenvalue weighted by Crippen LogP contribution is -1.94. The molecule has 26 heavy (non-hydrogen) atoms. The van der Waals surface area contributed by atoms with Crippen molar-refractivity contribution in [2.24, 2.45) is 0 Å². The molecular weight excluding hydrogens is 362 g/mol. The molecule has 0 aliphatic carbocycles. The van der Waals surface area contributed by atoms with Crippen LogP contribution in [0.2, 0.25) is 0 Å². The monoisotopic (exact) mass is 379 g/mol. The van der Waals surface area contributed by atoms with Gasteiger partial charge >= 0.3 is 0 Å². The van der Waals surface area contributed by atoms with Crippen LogP contribution in [0.15, 0.2) is 60.0 Å². The minimum atomic E-state index is 0.764. The summed E-state index contributed by atoms with van der Waals surface area (Å²) in [5.74, 6) is 1.57. The second kappa shape index (κ2) is 7.27.